The van der Waals surface area contributed by atoms with E-state index in [9.17, 15) is 17.6 Å². The number of benzene rings is 1. The molecule has 1 aliphatic carbocycles. The zero-order valence-corrected chi connectivity index (χ0v) is 15.3. The van der Waals surface area contributed by atoms with Gasteiger partial charge >= 0.3 is 0 Å². The van der Waals surface area contributed by atoms with Crippen LogP contribution in [0.4, 0.5) is 23.4 Å². The van der Waals surface area contributed by atoms with Crippen LogP contribution in [0.3, 0.4) is 0 Å². The van der Waals surface area contributed by atoms with Gasteiger partial charge in [0.2, 0.25) is 0 Å². The van der Waals surface area contributed by atoms with E-state index in [4.69, 9.17) is 4.74 Å². The molecule has 3 aromatic rings. The largest absolute Gasteiger partial charge is 0.369 e. The van der Waals surface area contributed by atoms with E-state index in [1.54, 1.807) is 6.20 Å². The SMILES string of the molecule is Fc1ccccc1C(F)(F)CO[C@H]1CCC(Nc2ncnc3[nH]ncc23)CC1F. The Bertz CT molecular complexity index is 982. The second-order valence-electron chi connectivity index (χ2n) is 7.06. The Labute approximate surface area is 163 Å². The smallest absolute Gasteiger partial charge is 0.298 e. The van der Waals surface area contributed by atoms with Crippen LogP contribution in [0.15, 0.2) is 36.8 Å². The van der Waals surface area contributed by atoms with E-state index in [1.165, 1.54) is 18.5 Å². The van der Waals surface area contributed by atoms with Crippen LogP contribution < -0.4 is 5.32 Å². The maximum absolute atomic E-state index is 14.6. The Kier molecular flexibility index (Phi) is 5.35. The van der Waals surface area contributed by atoms with E-state index in [0.29, 0.717) is 23.3 Å². The lowest BCUT2D eigenvalue weighted by Gasteiger charge is -2.33. The number of nitrogens with one attached hydrogen (secondary N) is 2. The molecule has 2 N–H and O–H groups in total. The van der Waals surface area contributed by atoms with Gasteiger partial charge in [0.1, 0.15) is 30.7 Å². The fraction of sp³-hybridized carbons (Fsp3) is 0.421. The van der Waals surface area contributed by atoms with Crippen molar-refractivity contribution in [3.63, 3.8) is 0 Å². The number of aromatic nitrogens is 4. The van der Waals surface area contributed by atoms with Crippen LogP contribution in [0.25, 0.3) is 11.0 Å². The molecule has 1 aromatic carbocycles. The van der Waals surface area contributed by atoms with E-state index >= 15 is 0 Å². The van der Waals surface area contributed by atoms with Gasteiger partial charge in [-0.3, -0.25) is 5.10 Å². The van der Waals surface area contributed by atoms with E-state index < -0.39 is 36.2 Å². The molecule has 0 bridgehead atoms. The standard InChI is InChI=1S/C19H19F4N5O/c20-14-4-2-1-3-13(14)19(22,23)9-29-16-6-5-11(7-15(16)21)27-17-12-8-26-28-18(12)25-10-24-17/h1-4,8,10-11,15-16H,5-7,9H2,(H2,24,25,26,27,28)/t11?,15?,16-/m0/s1. The number of nitrogens with zero attached hydrogens (tertiary/aromatic N) is 3. The minimum atomic E-state index is -3.53. The summed E-state index contributed by atoms with van der Waals surface area (Å²) in [6, 6.07) is 4.39. The molecule has 2 unspecified atom stereocenters. The zero-order valence-electron chi connectivity index (χ0n) is 15.3. The fourth-order valence-corrected chi connectivity index (χ4v) is 3.53. The lowest BCUT2D eigenvalue weighted by atomic mass is 9.91. The molecular weight excluding hydrogens is 390 g/mol. The molecule has 0 aliphatic heterocycles. The van der Waals surface area contributed by atoms with Gasteiger partial charge in [-0.05, 0) is 25.0 Å². The van der Waals surface area contributed by atoms with Crippen molar-refractivity contribution in [1.29, 1.82) is 0 Å². The summed E-state index contributed by atoms with van der Waals surface area (Å²) in [6.45, 7) is -1.07. The molecule has 1 aliphatic rings. The molecule has 10 heteroatoms. The summed E-state index contributed by atoms with van der Waals surface area (Å²) in [6.07, 6.45) is 1.40. The highest BCUT2D eigenvalue weighted by Gasteiger charge is 2.38. The summed E-state index contributed by atoms with van der Waals surface area (Å²) < 4.78 is 61.9. The van der Waals surface area contributed by atoms with Crippen LogP contribution in [0.5, 0.6) is 0 Å². The minimum absolute atomic E-state index is 0.0826. The van der Waals surface area contributed by atoms with Gasteiger partial charge < -0.3 is 10.1 Å². The predicted molar refractivity (Wildman–Crippen MR) is 97.9 cm³/mol. The van der Waals surface area contributed by atoms with Crippen molar-refractivity contribution in [1.82, 2.24) is 20.2 Å². The van der Waals surface area contributed by atoms with Crippen molar-refractivity contribution in [3.05, 3.63) is 48.2 Å². The van der Waals surface area contributed by atoms with E-state index in [-0.39, 0.29) is 18.9 Å². The summed E-state index contributed by atoms with van der Waals surface area (Å²) >= 11 is 0. The first-order valence-corrected chi connectivity index (χ1v) is 9.23. The zero-order chi connectivity index (χ0) is 20.4. The maximum atomic E-state index is 14.6. The lowest BCUT2D eigenvalue weighted by Crippen LogP contribution is -2.40. The quantitative estimate of drug-likeness (QED) is 0.603. The summed E-state index contributed by atoms with van der Waals surface area (Å²) in [4.78, 5) is 8.20. The number of hydrogen-bond acceptors (Lipinski definition) is 5. The highest BCUT2D eigenvalue weighted by Crippen LogP contribution is 2.33. The van der Waals surface area contributed by atoms with Crippen molar-refractivity contribution in [2.45, 2.75) is 43.5 Å². The molecule has 154 valence electrons. The fourth-order valence-electron chi connectivity index (χ4n) is 3.53. The van der Waals surface area contributed by atoms with E-state index in [2.05, 4.69) is 25.5 Å². The third-order valence-corrected chi connectivity index (χ3v) is 5.05. The molecule has 2 aromatic heterocycles. The molecule has 1 saturated carbocycles. The monoisotopic (exact) mass is 409 g/mol. The molecule has 0 saturated heterocycles. The normalized spacial score (nSPS) is 22.7. The highest BCUT2D eigenvalue weighted by molar-refractivity contribution is 5.85. The van der Waals surface area contributed by atoms with Crippen LogP contribution in [-0.2, 0) is 10.7 Å². The summed E-state index contributed by atoms with van der Waals surface area (Å²) in [5.41, 5.74) is -0.189. The van der Waals surface area contributed by atoms with E-state index in [1.807, 2.05) is 0 Å². The number of ether oxygens (including phenoxy) is 1. The predicted octanol–water partition coefficient (Wildman–Crippen LogP) is 3.97. The number of aromatic amines is 1. The number of H-pyrrole nitrogens is 1. The highest BCUT2D eigenvalue weighted by atomic mass is 19.3. The number of halogens is 4. The number of hydrogen-bond donors (Lipinski definition) is 2. The van der Waals surface area contributed by atoms with Crippen molar-refractivity contribution in [3.8, 4) is 0 Å². The number of fused-ring (bicyclic) bond motifs is 1. The molecule has 1 fully saturated rings. The Morgan fingerprint density at radius 1 is 1.21 bits per heavy atom. The maximum Gasteiger partial charge on any atom is 0.298 e. The summed E-state index contributed by atoms with van der Waals surface area (Å²) in [5.74, 6) is -4.01. The van der Waals surface area contributed by atoms with Gasteiger partial charge in [-0.15, -0.1) is 0 Å². The second-order valence-corrected chi connectivity index (χ2v) is 7.06. The van der Waals surface area contributed by atoms with E-state index in [0.717, 1.165) is 12.1 Å². The first-order chi connectivity index (χ1) is 13.9. The Morgan fingerprint density at radius 2 is 2.03 bits per heavy atom. The van der Waals surface area contributed by atoms with Gasteiger partial charge in [0.15, 0.2) is 5.65 Å². The molecule has 3 atom stereocenters. The van der Waals surface area contributed by atoms with Crippen molar-refractivity contribution in [2.24, 2.45) is 0 Å². The Hall–Kier alpha value is -2.75. The van der Waals surface area contributed by atoms with Crippen LogP contribution >= 0.6 is 0 Å². The van der Waals surface area contributed by atoms with Crippen LogP contribution in [0.2, 0.25) is 0 Å². The van der Waals surface area contributed by atoms with Gasteiger partial charge in [0.25, 0.3) is 5.92 Å². The number of anilines is 1. The average molecular weight is 409 g/mol. The van der Waals surface area contributed by atoms with Gasteiger partial charge in [-0.2, -0.15) is 13.9 Å². The van der Waals surface area contributed by atoms with Crippen LogP contribution in [0.1, 0.15) is 24.8 Å². The first kappa shape index (κ1) is 19.6. The molecule has 29 heavy (non-hydrogen) atoms. The second kappa shape index (κ2) is 7.94. The van der Waals surface area contributed by atoms with Crippen LogP contribution in [0, 0.1) is 5.82 Å². The molecular formula is C19H19F4N5O. The summed E-state index contributed by atoms with van der Waals surface area (Å²) in [5, 5.41) is 10.5. The van der Waals surface area contributed by atoms with Crippen molar-refractivity contribution in [2.75, 3.05) is 11.9 Å². The molecule has 0 radical (unpaired) electrons. The van der Waals surface area contributed by atoms with Gasteiger partial charge in [-0.1, -0.05) is 12.1 Å². The number of rotatable bonds is 6. The third-order valence-electron chi connectivity index (χ3n) is 5.05. The number of alkyl halides is 3. The third kappa shape index (κ3) is 4.16. The van der Waals surface area contributed by atoms with Gasteiger partial charge in [-0.25, -0.2) is 18.7 Å². The molecule has 4 rings (SSSR count). The molecule has 6 nitrogen and oxygen atoms in total. The topological polar surface area (TPSA) is 75.7 Å². The average Bonchev–Trinajstić information content (AvgIpc) is 3.17. The van der Waals surface area contributed by atoms with Gasteiger partial charge in [0, 0.05) is 12.5 Å². The van der Waals surface area contributed by atoms with Crippen molar-refractivity contribution < 1.29 is 22.3 Å². The van der Waals surface area contributed by atoms with Gasteiger partial charge in [0.05, 0.1) is 23.3 Å². The lowest BCUT2D eigenvalue weighted by molar-refractivity contribution is -0.127. The molecule has 0 amide bonds. The Morgan fingerprint density at radius 3 is 2.83 bits per heavy atom. The molecule has 2 heterocycles. The summed E-state index contributed by atoms with van der Waals surface area (Å²) in [7, 11) is 0. The minimum Gasteiger partial charge on any atom is -0.369 e. The Balaban J connectivity index is 1.35. The van der Waals surface area contributed by atoms with Crippen molar-refractivity contribution >= 4 is 16.9 Å². The first-order valence-electron chi connectivity index (χ1n) is 9.23. The molecule has 0 spiro atoms. The van der Waals surface area contributed by atoms with Crippen LogP contribution in [-0.4, -0.2) is 45.1 Å².